The molecule has 4 rings (SSSR count). The highest BCUT2D eigenvalue weighted by Gasteiger charge is 2.17. The van der Waals surface area contributed by atoms with E-state index in [1.54, 1.807) is 47.0 Å². The van der Waals surface area contributed by atoms with E-state index in [2.05, 4.69) is 20.8 Å². The Labute approximate surface area is 221 Å². The molecule has 0 fully saturated rings. The van der Waals surface area contributed by atoms with Gasteiger partial charge in [0, 0.05) is 29.6 Å². The minimum atomic E-state index is -0.507. The molecule has 0 bridgehead atoms. The summed E-state index contributed by atoms with van der Waals surface area (Å²) in [6.07, 6.45) is 0. The van der Waals surface area contributed by atoms with E-state index in [1.807, 2.05) is 0 Å². The third kappa shape index (κ3) is 6.37. The van der Waals surface area contributed by atoms with Crippen LogP contribution in [-0.2, 0) is 12.3 Å². The van der Waals surface area contributed by atoms with Crippen molar-refractivity contribution < 1.29 is 23.6 Å². The lowest BCUT2D eigenvalue weighted by atomic mass is 10.2. The summed E-state index contributed by atoms with van der Waals surface area (Å²) in [6, 6.07) is 16.5. The normalized spacial score (nSPS) is 10.6. The number of anilines is 1. The Morgan fingerprint density at radius 3 is 2.45 bits per heavy atom. The van der Waals surface area contributed by atoms with Crippen LogP contribution in [0.5, 0.6) is 11.5 Å². The van der Waals surface area contributed by atoms with Gasteiger partial charge in [-0.15, -0.1) is 10.2 Å². The number of urea groups is 1. The van der Waals surface area contributed by atoms with Crippen molar-refractivity contribution in [3.63, 3.8) is 0 Å². The fourth-order valence-electron chi connectivity index (χ4n) is 3.45. The van der Waals surface area contributed by atoms with Gasteiger partial charge in [-0.3, -0.25) is 14.7 Å². The van der Waals surface area contributed by atoms with Gasteiger partial charge in [0.25, 0.3) is 5.69 Å². The lowest BCUT2D eigenvalue weighted by Crippen LogP contribution is -2.29. The van der Waals surface area contributed by atoms with Crippen LogP contribution in [0.1, 0.15) is 11.4 Å². The number of nitrogens with one attached hydrogen (secondary N) is 2. The smallest absolute Gasteiger partial charge is 0.319 e. The zero-order chi connectivity index (χ0) is 27.1. The Balaban J connectivity index is 1.53. The lowest BCUT2D eigenvalue weighted by molar-refractivity contribution is -0.384. The number of halogens is 1. The second kappa shape index (κ2) is 12.1. The highest BCUT2D eigenvalue weighted by Crippen LogP contribution is 2.29. The number of hydrogen-bond acceptors (Lipinski definition) is 8. The number of aromatic nitrogens is 3. The van der Waals surface area contributed by atoms with Crippen LogP contribution < -0.4 is 20.1 Å². The van der Waals surface area contributed by atoms with E-state index < -0.39 is 11.0 Å². The number of thioether (sulfide) groups is 1. The Kier molecular flexibility index (Phi) is 8.38. The number of rotatable bonds is 10. The third-order valence-corrected chi connectivity index (χ3v) is 6.36. The second-order valence-corrected chi connectivity index (χ2v) is 8.74. The van der Waals surface area contributed by atoms with Crippen molar-refractivity contribution in [3.8, 4) is 17.2 Å². The van der Waals surface area contributed by atoms with Crippen molar-refractivity contribution in [1.82, 2.24) is 20.1 Å². The van der Waals surface area contributed by atoms with Crippen LogP contribution in [0, 0.1) is 15.9 Å². The maximum Gasteiger partial charge on any atom is 0.319 e. The van der Waals surface area contributed by atoms with E-state index in [1.165, 1.54) is 50.2 Å². The second-order valence-electron chi connectivity index (χ2n) is 7.80. The van der Waals surface area contributed by atoms with E-state index in [0.29, 0.717) is 39.6 Å². The molecule has 38 heavy (non-hydrogen) atoms. The fraction of sp³-hybridized carbons (Fsp3) is 0.160. The summed E-state index contributed by atoms with van der Waals surface area (Å²) < 4.78 is 25.4. The first-order valence-electron chi connectivity index (χ1n) is 11.2. The Morgan fingerprint density at radius 2 is 1.79 bits per heavy atom. The number of carbonyl (C=O) groups is 1. The number of hydrogen-bond donors (Lipinski definition) is 2. The molecular formula is C25H23FN6O5S. The fourth-order valence-corrected chi connectivity index (χ4v) is 4.37. The van der Waals surface area contributed by atoms with Gasteiger partial charge in [-0.2, -0.15) is 0 Å². The van der Waals surface area contributed by atoms with Gasteiger partial charge < -0.3 is 20.1 Å². The van der Waals surface area contributed by atoms with Crippen LogP contribution in [0.25, 0.3) is 5.69 Å². The van der Waals surface area contributed by atoms with Gasteiger partial charge in [-0.05, 0) is 42.0 Å². The van der Waals surface area contributed by atoms with Gasteiger partial charge in [0.05, 0.1) is 31.4 Å². The van der Waals surface area contributed by atoms with Crippen LogP contribution >= 0.6 is 11.8 Å². The van der Waals surface area contributed by atoms with Crippen molar-refractivity contribution in [2.75, 3.05) is 19.5 Å². The number of ether oxygens (including phenoxy) is 2. The van der Waals surface area contributed by atoms with Crippen molar-refractivity contribution in [2.45, 2.75) is 17.5 Å². The first-order valence-corrected chi connectivity index (χ1v) is 12.2. The number of nitro groups is 1. The van der Waals surface area contributed by atoms with Crippen LogP contribution in [0.15, 0.2) is 71.9 Å². The molecule has 13 heteroatoms. The van der Waals surface area contributed by atoms with E-state index in [0.717, 1.165) is 5.56 Å². The number of methoxy groups -OCH3 is 2. The number of nitro benzene ring substituents is 1. The summed E-state index contributed by atoms with van der Waals surface area (Å²) in [5.41, 5.74) is 1.84. The minimum absolute atomic E-state index is 0.00536. The summed E-state index contributed by atoms with van der Waals surface area (Å²) in [7, 11) is 3.01. The molecule has 0 aliphatic rings. The molecule has 0 radical (unpaired) electrons. The number of nitrogens with zero attached hydrogens (tertiary/aromatic N) is 4. The molecule has 2 N–H and O–H groups in total. The number of non-ortho nitro benzene ring substituents is 1. The average Bonchev–Trinajstić information content (AvgIpc) is 3.34. The van der Waals surface area contributed by atoms with Gasteiger partial charge in [0.15, 0.2) is 11.0 Å². The molecule has 0 saturated carbocycles. The molecule has 4 aromatic rings. The molecule has 3 aromatic carbocycles. The van der Waals surface area contributed by atoms with Crippen LogP contribution in [-0.4, -0.2) is 39.9 Å². The van der Waals surface area contributed by atoms with Gasteiger partial charge in [-0.25, -0.2) is 9.18 Å². The standard InChI is InChI=1S/C25H23FN6O5S/c1-36-20-11-12-21(22(13-20)37-2)28-24(33)27-14-23-29-30-25(38-15-16-3-5-17(26)6-4-16)31(23)18-7-9-19(10-8-18)32(34)35/h3-13H,14-15H2,1-2H3,(H2,27,28,33). The highest BCUT2D eigenvalue weighted by atomic mass is 32.2. The van der Waals surface area contributed by atoms with Crippen molar-refractivity contribution >= 4 is 29.2 Å². The zero-order valence-electron chi connectivity index (χ0n) is 20.4. The molecule has 0 spiro atoms. The monoisotopic (exact) mass is 538 g/mol. The van der Waals surface area contributed by atoms with Crippen molar-refractivity contribution in [3.05, 3.63) is 94.0 Å². The molecular weight excluding hydrogens is 515 g/mol. The average molecular weight is 539 g/mol. The number of benzene rings is 3. The Hall–Kier alpha value is -4.65. The van der Waals surface area contributed by atoms with Crippen LogP contribution in [0.3, 0.4) is 0 Å². The van der Waals surface area contributed by atoms with Crippen LogP contribution in [0.2, 0.25) is 0 Å². The molecule has 1 aromatic heterocycles. The van der Waals surface area contributed by atoms with E-state index in [9.17, 15) is 19.3 Å². The molecule has 11 nitrogen and oxygen atoms in total. The molecule has 2 amide bonds. The largest absolute Gasteiger partial charge is 0.497 e. The first kappa shape index (κ1) is 26.4. The molecule has 0 aliphatic heterocycles. The molecule has 0 aliphatic carbocycles. The summed E-state index contributed by atoms with van der Waals surface area (Å²) in [5, 5.41) is 25.5. The van der Waals surface area contributed by atoms with Crippen molar-refractivity contribution in [2.24, 2.45) is 0 Å². The number of amides is 2. The molecule has 196 valence electrons. The summed E-state index contributed by atoms with van der Waals surface area (Å²) in [4.78, 5) is 23.3. The van der Waals surface area contributed by atoms with Gasteiger partial charge >= 0.3 is 6.03 Å². The number of carbonyl (C=O) groups excluding carboxylic acids is 1. The maximum atomic E-state index is 13.3. The Morgan fingerprint density at radius 1 is 1.05 bits per heavy atom. The summed E-state index contributed by atoms with van der Waals surface area (Å²) >= 11 is 1.35. The first-order chi connectivity index (χ1) is 18.4. The predicted molar refractivity (Wildman–Crippen MR) is 139 cm³/mol. The van der Waals surface area contributed by atoms with Gasteiger partial charge in [0.2, 0.25) is 0 Å². The molecule has 0 saturated heterocycles. The third-order valence-electron chi connectivity index (χ3n) is 5.36. The summed E-state index contributed by atoms with van der Waals surface area (Å²) in [6.45, 7) is 0.00536. The predicted octanol–water partition coefficient (Wildman–Crippen LogP) is 4.95. The minimum Gasteiger partial charge on any atom is -0.497 e. The van der Waals surface area contributed by atoms with Crippen LogP contribution in [0.4, 0.5) is 20.6 Å². The van der Waals surface area contributed by atoms with Gasteiger partial charge in [-0.1, -0.05) is 23.9 Å². The van der Waals surface area contributed by atoms with E-state index >= 15 is 0 Å². The summed E-state index contributed by atoms with van der Waals surface area (Å²) in [5.74, 6) is 1.56. The SMILES string of the molecule is COc1ccc(NC(=O)NCc2nnc(SCc3ccc(F)cc3)n2-c2ccc([N+](=O)[O-])cc2)c(OC)c1. The zero-order valence-corrected chi connectivity index (χ0v) is 21.2. The topological polar surface area (TPSA) is 133 Å². The van der Waals surface area contributed by atoms with E-state index in [4.69, 9.17) is 9.47 Å². The Bertz CT molecular complexity index is 1430. The van der Waals surface area contributed by atoms with E-state index in [-0.39, 0.29) is 18.0 Å². The van der Waals surface area contributed by atoms with Crippen molar-refractivity contribution in [1.29, 1.82) is 0 Å². The van der Waals surface area contributed by atoms with Gasteiger partial charge in [0.1, 0.15) is 17.3 Å². The molecule has 0 atom stereocenters. The maximum absolute atomic E-state index is 13.3. The quantitative estimate of drug-likeness (QED) is 0.165. The molecule has 1 heterocycles. The lowest BCUT2D eigenvalue weighted by Gasteiger charge is -2.13. The highest BCUT2D eigenvalue weighted by molar-refractivity contribution is 7.98. The molecule has 0 unspecified atom stereocenters.